The third-order valence-electron chi connectivity index (χ3n) is 2.52. The maximum Gasteiger partial charge on any atom is 0.0731 e. The summed E-state index contributed by atoms with van der Waals surface area (Å²) in [7, 11) is 0. The van der Waals surface area contributed by atoms with E-state index in [2.05, 4.69) is 47.3 Å². The third-order valence-corrected chi connectivity index (χ3v) is 3.62. The molecule has 0 bridgehead atoms. The van der Waals surface area contributed by atoms with E-state index >= 15 is 0 Å². The quantitative estimate of drug-likeness (QED) is 0.640. The van der Waals surface area contributed by atoms with E-state index in [0.717, 1.165) is 26.6 Å². The van der Waals surface area contributed by atoms with E-state index in [9.17, 15) is 0 Å². The Labute approximate surface area is 122 Å². The van der Waals surface area contributed by atoms with Crippen molar-refractivity contribution < 1.29 is 0 Å². The van der Waals surface area contributed by atoms with E-state index in [4.69, 9.17) is 5.84 Å². The summed E-state index contributed by atoms with van der Waals surface area (Å²) in [5.74, 6) is 5.62. The largest absolute Gasteiger partial charge is 0.271 e. The lowest BCUT2D eigenvalue weighted by Crippen LogP contribution is -2.30. The molecular weight excluding hydrogens is 360 g/mol. The summed E-state index contributed by atoms with van der Waals surface area (Å²) in [6, 6.07) is 5.79. The molecule has 0 fully saturated rings. The van der Waals surface area contributed by atoms with Crippen molar-refractivity contribution in [3.8, 4) is 0 Å². The van der Waals surface area contributed by atoms with Crippen LogP contribution in [0.3, 0.4) is 0 Å². The first-order chi connectivity index (χ1) is 8.70. The van der Waals surface area contributed by atoms with Crippen LogP contribution in [-0.2, 0) is 6.42 Å². The number of rotatable bonds is 4. The summed E-state index contributed by atoms with van der Waals surface area (Å²) in [6.07, 6.45) is 6.05. The van der Waals surface area contributed by atoms with Crippen molar-refractivity contribution in [2.45, 2.75) is 12.5 Å². The lowest BCUT2D eigenvalue weighted by atomic mass is 10.1. The predicted octanol–water partition coefficient (Wildman–Crippen LogP) is 2.75. The third kappa shape index (κ3) is 3.35. The molecule has 1 unspecified atom stereocenters. The molecule has 0 amide bonds. The number of aromatic nitrogens is 2. The number of nitrogens with one attached hydrogen (secondary N) is 1. The van der Waals surface area contributed by atoms with E-state index in [-0.39, 0.29) is 6.04 Å². The predicted molar refractivity (Wildman–Crippen MR) is 77.6 cm³/mol. The first-order valence-corrected chi connectivity index (χ1v) is 6.95. The van der Waals surface area contributed by atoms with Gasteiger partial charge in [0.15, 0.2) is 0 Å². The highest BCUT2D eigenvalue weighted by atomic mass is 79.9. The minimum atomic E-state index is -0.0586. The lowest BCUT2D eigenvalue weighted by Gasteiger charge is -2.16. The molecule has 2 heterocycles. The lowest BCUT2D eigenvalue weighted by molar-refractivity contribution is 0.535. The van der Waals surface area contributed by atoms with Crippen LogP contribution in [0, 0.1) is 0 Å². The van der Waals surface area contributed by atoms with E-state index < -0.39 is 0 Å². The molecule has 0 aliphatic heterocycles. The Morgan fingerprint density at radius 3 is 2.83 bits per heavy atom. The summed E-state index contributed by atoms with van der Waals surface area (Å²) in [5.41, 5.74) is 4.77. The monoisotopic (exact) mass is 370 g/mol. The molecule has 0 spiro atoms. The highest BCUT2D eigenvalue weighted by Crippen LogP contribution is 2.23. The number of hydrazine groups is 1. The zero-order valence-electron chi connectivity index (χ0n) is 9.48. The molecule has 2 rings (SSSR count). The Balaban J connectivity index is 2.23. The average Bonchev–Trinajstić information content (AvgIpc) is 2.37. The summed E-state index contributed by atoms with van der Waals surface area (Å²) < 4.78 is 1.90. The molecule has 0 aromatic carbocycles. The van der Waals surface area contributed by atoms with Crippen LogP contribution in [0.5, 0.6) is 0 Å². The molecule has 0 saturated carbocycles. The number of nitrogens with two attached hydrogens (primary N) is 1. The number of halogens is 2. The van der Waals surface area contributed by atoms with Crippen LogP contribution in [0.4, 0.5) is 0 Å². The van der Waals surface area contributed by atoms with Crippen molar-refractivity contribution in [2.75, 3.05) is 0 Å². The minimum absolute atomic E-state index is 0.0586. The standard InChI is InChI=1S/C12H12Br2N4/c13-9-4-8(6-16-7-9)5-11(18-15)12-10(14)2-1-3-17-12/h1-4,6-7,11,18H,5,15H2. The SMILES string of the molecule is NNC(Cc1cncc(Br)c1)c1ncccc1Br. The second-order valence-electron chi connectivity index (χ2n) is 3.81. The number of pyridine rings is 2. The van der Waals surface area contributed by atoms with E-state index in [1.807, 2.05) is 24.4 Å². The van der Waals surface area contributed by atoms with Gasteiger partial charge in [0.25, 0.3) is 0 Å². The summed E-state index contributed by atoms with van der Waals surface area (Å²) in [5, 5.41) is 0. The van der Waals surface area contributed by atoms with Crippen LogP contribution in [0.25, 0.3) is 0 Å². The van der Waals surface area contributed by atoms with Gasteiger partial charge in [0.05, 0.1) is 11.7 Å². The van der Waals surface area contributed by atoms with Crippen molar-refractivity contribution >= 4 is 31.9 Å². The Kier molecular flexibility index (Phi) is 4.82. The normalized spacial score (nSPS) is 12.4. The molecule has 3 N–H and O–H groups in total. The fourth-order valence-electron chi connectivity index (χ4n) is 1.69. The molecule has 1 atom stereocenters. The Bertz CT molecular complexity index is 533. The fourth-order valence-corrected chi connectivity index (χ4v) is 2.64. The van der Waals surface area contributed by atoms with Crippen molar-refractivity contribution in [1.29, 1.82) is 0 Å². The summed E-state index contributed by atoms with van der Waals surface area (Å²) in [4.78, 5) is 8.49. The summed E-state index contributed by atoms with van der Waals surface area (Å²) >= 11 is 6.89. The topological polar surface area (TPSA) is 63.8 Å². The van der Waals surface area contributed by atoms with Crippen LogP contribution >= 0.6 is 31.9 Å². The smallest absolute Gasteiger partial charge is 0.0731 e. The van der Waals surface area contributed by atoms with Crippen molar-refractivity contribution in [2.24, 2.45) is 5.84 Å². The van der Waals surface area contributed by atoms with Gasteiger partial charge in [0.2, 0.25) is 0 Å². The number of hydrogen-bond acceptors (Lipinski definition) is 4. The van der Waals surface area contributed by atoms with Crippen LogP contribution in [0.15, 0.2) is 45.7 Å². The molecule has 4 nitrogen and oxygen atoms in total. The molecule has 2 aromatic heterocycles. The van der Waals surface area contributed by atoms with Crippen LogP contribution in [0.1, 0.15) is 17.3 Å². The fraction of sp³-hybridized carbons (Fsp3) is 0.167. The van der Waals surface area contributed by atoms with Gasteiger partial charge in [-0.3, -0.25) is 21.2 Å². The van der Waals surface area contributed by atoms with Gasteiger partial charge in [-0.15, -0.1) is 0 Å². The number of nitrogens with zero attached hydrogens (tertiary/aromatic N) is 2. The number of hydrogen-bond donors (Lipinski definition) is 2. The van der Waals surface area contributed by atoms with Gasteiger partial charge in [-0.1, -0.05) is 0 Å². The highest BCUT2D eigenvalue weighted by Gasteiger charge is 2.15. The minimum Gasteiger partial charge on any atom is -0.271 e. The second-order valence-corrected chi connectivity index (χ2v) is 5.58. The Morgan fingerprint density at radius 2 is 2.17 bits per heavy atom. The molecular formula is C12H12Br2N4. The van der Waals surface area contributed by atoms with Gasteiger partial charge in [0, 0.05) is 27.5 Å². The summed E-state index contributed by atoms with van der Waals surface area (Å²) in [6.45, 7) is 0. The van der Waals surface area contributed by atoms with Crippen LogP contribution in [-0.4, -0.2) is 9.97 Å². The van der Waals surface area contributed by atoms with Gasteiger partial charge in [-0.05, 0) is 62.0 Å². The van der Waals surface area contributed by atoms with Gasteiger partial charge >= 0.3 is 0 Å². The molecule has 0 aliphatic rings. The highest BCUT2D eigenvalue weighted by molar-refractivity contribution is 9.10. The van der Waals surface area contributed by atoms with Crippen molar-refractivity contribution in [1.82, 2.24) is 15.4 Å². The van der Waals surface area contributed by atoms with Gasteiger partial charge in [-0.25, -0.2) is 0 Å². The maximum absolute atomic E-state index is 5.62. The second kappa shape index (κ2) is 6.38. The van der Waals surface area contributed by atoms with Crippen molar-refractivity contribution in [3.63, 3.8) is 0 Å². The zero-order valence-corrected chi connectivity index (χ0v) is 12.6. The van der Waals surface area contributed by atoms with Crippen molar-refractivity contribution in [3.05, 3.63) is 57.0 Å². The zero-order chi connectivity index (χ0) is 13.0. The molecule has 6 heteroatoms. The molecule has 0 aliphatic carbocycles. The maximum atomic E-state index is 5.62. The van der Waals surface area contributed by atoms with E-state index in [1.54, 1.807) is 12.4 Å². The first-order valence-electron chi connectivity index (χ1n) is 5.36. The van der Waals surface area contributed by atoms with Gasteiger partial charge < -0.3 is 0 Å². The van der Waals surface area contributed by atoms with Crippen LogP contribution in [0.2, 0.25) is 0 Å². The molecule has 2 aromatic rings. The molecule has 0 radical (unpaired) electrons. The molecule has 18 heavy (non-hydrogen) atoms. The van der Waals surface area contributed by atoms with Gasteiger partial charge in [0.1, 0.15) is 0 Å². The van der Waals surface area contributed by atoms with Gasteiger partial charge in [-0.2, -0.15) is 0 Å². The Hall–Kier alpha value is -0.820. The first kappa shape index (κ1) is 13.6. The van der Waals surface area contributed by atoms with E-state index in [1.165, 1.54) is 0 Å². The Morgan fingerprint density at radius 1 is 1.33 bits per heavy atom. The average molecular weight is 372 g/mol. The molecule has 94 valence electrons. The van der Waals surface area contributed by atoms with E-state index in [0.29, 0.717) is 0 Å². The molecule has 0 saturated heterocycles. The van der Waals surface area contributed by atoms with Crippen LogP contribution < -0.4 is 11.3 Å².